The second kappa shape index (κ2) is 10.7. The molecule has 1 aromatic carbocycles. The van der Waals surface area contributed by atoms with Crippen molar-refractivity contribution in [3.63, 3.8) is 0 Å². The first-order chi connectivity index (χ1) is 15.0. The number of hydrogen-bond acceptors (Lipinski definition) is 5. The van der Waals surface area contributed by atoms with Crippen LogP contribution >= 0.6 is 0 Å². The van der Waals surface area contributed by atoms with Gasteiger partial charge >= 0.3 is 6.03 Å². The SMILES string of the molecule is CCc1cccc(Oc2ccc(NC(=O)NCCC(=O)Nc3ccc(C)cn3)cn2)c1. The van der Waals surface area contributed by atoms with Crippen LogP contribution in [0, 0.1) is 6.92 Å². The zero-order valence-corrected chi connectivity index (χ0v) is 17.5. The summed E-state index contributed by atoms with van der Waals surface area (Å²) in [6.07, 6.45) is 4.24. The molecule has 0 atom stereocenters. The molecule has 3 aromatic rings. The fourth-order valence-electron chi connectivity index (χ4n) is 2.68. The van der Waals surface area contributed by atoms with Crippen LogP contribution in [0.4, 0.5) is 16.3 Å². The lowest BCUT2D eigenvalue weighted by Crippen LogP contribution is -2.31. The van der Waals surface area contributed by atoms with Gasteiger partial charge in [0.2, 0.25) is 11.8 Å². The fraction of sp³-hybridized carbons (Fsp3) is 0.217. The Morgan fingerprint density at radius 1 is 1.00 bits per heavy atom. The average molecular weight is 419 g/mol. The number of nitrogens with one attached hydrogen (secondary N) is 3. The van der Waals surface area contributed by atoms with E-state index in [1.165, 1.54) is 11.8 Å². The lowest BCUT2D eigenvalue weighted by Gasteiger charge is -2.09. The van der Waals surface area contributed by atoms with Crippen molar-refractivity contribution in [1.29, 1.82) is 0 Å². The molecule has 3 amide bonds. The largest absolute Gasteiger partial charge is 0.439 e. The topological polar surface area (TPSA) is 105 Å². The number of benzene rings is 1. The van der Waals surface area contributed by atoms with Crippen LogP contribution in [0.1, 0.15) is 24.5 Å². The quantitative estimate of drug-likeness (QED) is 0.505. The van der Waals surface area contributed by atoms with E-state index in [2.05, 4.69) is 32.8 Å². The Balaban J connectivity index is 1.40. The van der Waals surface area contributed by atoms with Crippen LogP contribution in [0.2, 0.25) is 0 Å². The van der Waals surface area contributed by atoms with Gasteiger partial charge in [-0.05, 0) is 48.7 Å². The molecule has 2 heterocycles. The second-order valence-electron chi connectivity index (χ2n) is 6.89. The van der Waals surface area contributed by atoms with Gasteiger partial charge < -0.3 is 20.7 Å². The maximum Gasteiger partial charge on any atom is 0.319 e. The molecule has 0 aliphatic rings. The Morgan fingerprint density at radius 3 is 2.58 bits per heavy atom. The van der Waals surface area contributed by atoms with E-state index in [9.17, 15) is 9.59 Å². The smallest absolute Gasteiger partial charge is 0.319 e. The summed E-state index contributed by atoms with van der Waals surface area (Å²) < 4.78 is 5.74. The minimum atomic E-state index is -0.424. The van der Waals surface area contributed by atoms with Gasteiger partial charge in [0.25, 0.3) is 0 Å². The van der Waals surface area contributed by atoms with Gasteiger partial charge in [-0.3, -0.25) is 4.79 Å². The lowest BCUT2D eigenvalue weighted by molar-refractivity contribution is -0.116. The molecule has 0 saturated carbocycles. The minimum absolute atomic E-state index is 0.130. The summed E-state index contributed by atoms with van der Waals surface area (Å²) in [5.74, 6) is 1.40. The number of aryl methyl sites for hydroxylation is 2. The summed E-state index contributed by atoms with van der Waals surface area (Å²) in [7, 11) is 0. The van der Waals surface area contributed by atoms with Crippen LogP contribution in [0.5, 0.6) is 11.6 Å². The first-order valence-corrected chi connectivity index (χ1v) is 10.0. The zero-order valence-electron chi connectivity index (χ0n) is 17.5. The molecule has 2 aromatic heterocycles. The standard InChI is InChI=1S/C23H25N5O3/c1-3-17-5-4-6-19(13-17)31-22-10-8-18(15-26-22)27-23(30)24-12-11-21(29)28-20-9-7-16(2)14-25-20/h4-10,13-15H,3,11-12H2,1-2H3,(H2,24,27,30)(H,25,28,29). The summed E-state index contributed by atoms with van der Waals surface area (Å²) in [4.78, 5) is 32.2. The summed E-state index contributed by atoms with van der Waals surface area (Å²) in [5, 5.41) is 7.98. The minimum Gasteiger partial charge on any atom is -0.439 e. The molecular weight excluding hydrogens is 394 g/mol. The summed E-state index contributed by atoms with van der Waals surface area (Å²) in [5.41, 5.74) is 2.70. The number of nitrogens with zero attached hydrogens (tertiary/aromatic N) is 2. The van der Waals surface area contributed by atoms with Gasteiger partial charge in [0.05, 0.1) is 11.9 Å². The number of carbonyl (C=O) groups excluding carboxylic acids is 2. The third-order valence-corrected chi connectivity index (χ3v) is 4.34. The third-order valence-electron chi connectivity index (χ3n) is 4.34. The van der Waals surface area contributed by atoms with Crippen molar-refractivity contribution < 1.29 is 14.3 Å². The second-order valence-corrected chi connectivity index (χ2v) is 6.89. The molecule has 0 radical (unpaired) electrons. The van der Waals surface area contributed by atoms with Crippen molar-refractivity contribution in [2.75, 3.05) is 17.2 Å². The van der Waals surface area contributed by atoms with Gasteiger partial charge in [0, 0.05) is 25.2 Å². The normalized spacial score (nSPS) is 10.3. The highest BCUT2D eigenvalue weighted by Crippen LogP contribution is 2.21. The highest BCUT2D eigenvalue weighted by molar-refractivity contribution is 5.91. The maximum atomic E-state index is 12.0. The van der Waals surface area contributed by atoms with E-state index in [1.54, 1.807) is 24.4 Å². The average Bonchev–Trinajstić information content (AvgIpc) is 2.77. The molecular formula is C23H25N5O3. The molecule has 0 aliphatic carbocycles. The van der Waals surface area contributed by atoms with Crippen molar-refractivity contribution in [3.05, 3.63) is 72.1 Å². The molecule has 0 spiro atoms. The predicted octanol–water partition coefficient (Wildman–Crippen LogP) is 4.29. The number of pyridine rings is 2. The first-order valence-electron chi connectivity index (χ1n) is 10.0. The Labute approximate surface area is 181 Å². The Hall–Kier alpha value is -3.94. The van der Waals surface area contributed by atoms with Crippen molar-refractivity contribution in [2.24, 2.45) is 0 Å². The van der Waals surface area contributed by atoms with Crippen molar-refractivity contribution in [3.8, 4) is 11.6 Å². The molecule has 0 aliphatic heterocycles. The number of anilines is 2. The van der Waals surface area contributed by atoms with E-state index in [4.69, 9.17) is 4.74 Å². The fourth-order valence-corrected chi connectivity index (χ4v) is 2.68. The molecule has 0 unspecified atom stereocenters. The molecule has 0 fully saturated rings. The van der Waals surface area contributed by atoms with Gasteiger partial charge in [-0.1, -0.05) is 25.1 Å². The summed E-state index contributed by atoms with van der Waals surface area (Å²) in [6, 6.07) is 14.3. The van der Waals surface area contributed by atoms with Crippen LogP contribution in [0.15, 0.2) is 60.9 Å². The van der Waals surface area contributed by atoms with E-state index < -0.39 is 6.03 Å². The molecule has 160 valence electrons. The third kappa shape index (κ3) is 7.11. The Bertz CT molecular complexity index is 1020. The Kier molecular flexibility index (Phi) is 7.53. The van der Waals surface area contributed by atoms with Crippen LogP contribution in [-0.4, -0.2) is 28.5 Å². The van der Waals surface area contributed by atoms with Crippen LogP contribution in [0.25, 0.3) is 0 Å². The Morgan fingerprint density at radius 2 is 1.87 bits per heavy atom. The van der Waals surface area contributed by atoms with Crippen molar-refractivity contribution in [2.45, 2.75) is 26.7 Å². The van der Waals surface area contributed by atoms with E-state index in [-0.39, 0.29) is 18.9 Å². The molecule has 8 heteroatoms. The molecule has 31 heavy (non-hydrogen) atoms. The number of ether oxygens (including phenoxy) is 1. The van der Waals surface area contributed by atoms with Gasteiger partial charge in [0.15, 0.2) is 0 Å². The number of urea groups is 1. The predicted molar refractivity (Wildman–Crippen MR) is 119 cm³/mol. The molecule has 8 nitrogen and oxygen atoms in total. The van der Waals surface area contributed by atoms with Gasteiger partial charge in [-0.15, -0.1) is 0 Å². The van der Waals surface area contributed by atoms with E-state index in [0.717, 1.165) is 12.0 Å². The van der Waals surface area contributed by atoms with Gasteiger partial charge in [-0.25, -0.2) is 14.8 Å². The highest BCUT2D eigenvalue weighted by atomic mass is 16.5. The number of rotatable bonds is 8. The zero-order chi connectivity index (χ0) is 22.1. The number of aromatic nitrogens is 2. The van der Waals surface area contributed by atoms with Gasteiger partial charge in [0.1, 0.15) is 11.6 Å². The summed E-state index contributed by atoms with van der Waals surface area (Å²) in [6.45, 7) is 4.19. The molecule has 0 saturated heterocycles. The summed E-state index contributed by atoms with van der Waals surface area (Å²) >= 11 is 0. The number of carbonyl (C=O) groups is 2. The van der Waals surface area contributed by atoms with Crippen molar-refractivity contribution >= 4 is 23.4 Å². The lowest BCUT2D eigenvalue weighted by atomic mass is 10.2. The molecule has 3 rings (SSSR count). The molecule has 3 N–H and O–H groups in total. The van der Waals surface area contributed by atoms with Crippen LogP contribution in [0.3, 0.4) is 0 Å². The monoisotopic (exact) mass is 419 g/mol. The van der Waals surface area contributed by atoms with Crippen molar-refractivity contribution in [1.82, 2.24) is 15.3 Å². The maximum absolute atomic E-state index is 12.0. The van der Waals surface area contributed by atoms with Crippen LogP contribution < -0.4 is 20.7 Å². The molecule has 0 bridgehead atoms. The van der Waals surface area contributed by atoms with E-state index >= 15 is 0 Å². The van der Waals surface area contributed by atoms with E-state index in [0.29, 0.717) is 23.1 Å². The van der Waals surface area contributed by atoms with Gasteiger partial charge in [-0.2, -0.15) is 0 Å². The number of amides is 3. The van der Waals surface area contributed by atoms with E-state index in [1.807, 2.05) is 37.3 Å². The number of hydrogen-bond donors (Lipinski definition) is 3. The van der Waals surface area contributed by atoms with Crippen LogP contribution in [-0.2, 0) is 11.2 Å². The highest BCUT2D eigenvalue weighted by Gasteiger charge is 2.07. The first kappa shape index (κ1) is 21.8.